The van der Waals surface area contributed by atoms with Crippen molar-refractivity contribution in [1.29, 1.82) is 0 Å². The van der Waals surface area contributed by atoms with Gasteiger partial charge >= 0.3 is 0 Å². The predicted molar refractivity (Wildman–Crippen MR) is 88.5 cm³/mol. The van der Waals surface area contributed by atoms with Crippen LogP contribution in [0.2, 0.25) is 5.02 Å². The zero-order valence-corrected chi connectivity index (χ0v) is 13.2. The Bertz CT molecular complexity index is 624. The Morgan fingerprint density at radius 2 is 2.00 bits per heavy atom. The molecule has 3 heteroatoms. The van der Waals surface area contributed by atoms with Crippen molar-refractivity contribution in [3.63, 3.8) is 0 Å². The van der Waals surface area contributed by atoms with Gasteiger partial charge in [-0.05, 0) is 54.4 Å². The molecule has 0 spiro atoms. The van der Waals surface area contributed by atoms with Crippen molar-refractivity contribution in [2.75, 3.05) is 13.6 Å². The smallest absolute Gasteiger partial charge is 0.0409 e. The first-order valence-corrected chi connectivity index (χ1v) is 7.83. The fourth-order valence-corrected chi connectivity index (χ4v) is 3.27. The molecule has 1 aliphatic rings. The molecule has 3 rings (SSSR count). The van der Waals surface area contributed by atoms with Crippen LogP contribution in [-0.2, 0) is 26.1 Å². The molecule has 0 saturated heterocycles. The lowest BCUT2D eigenvalue weighted by atomic mass is 9.95. The molecule has 2 aromatic carbocycles. The number of nitrogens with one attached hydrogen (secondary N) is 1. The largest absolute Gasteiger partial charge is 0.312 e. The molecule has 2 aromatic rings. The molecule has 110 valence electrons. The highest BCUT2D eigenvalue weighted by Gasteiger charge is 2.13. The van der Waals surface area contributed by atoms with Crippen molar-refractivity contribution in [3.8, 4) is 0 Å². The molecule has 0 unspecified atom stereocenters. The molecule has 1 aliphatic heterocycles. The molecule has 0 saturated carbocycles. The first-order valence-electron chi connectivity index (χ1n) is 7.46. The average molecular weight is 301 g/mol. The normalized spacial score (nSPS) is 14.2. The van der Waals surface area contributed by atoms with Crippen molar-refractivity contribution in [2.24, 2.45) is 0 Å². The van der Waals surface area contributed by atoms with Crippen LogP contribution in [0.5, 0.6) is 0 Å². The van der Waals surface area contributed by atoms with Gasteiger partial charge in [0.15, 0.2) is 0 Å². The number of halogens is 1. The van der Waals surface area contributed by atoms with Crippen molar-refractivity contribution in [1.82, 2.24) is 10.2 Å². The van der Waals surface area contributed by atoms with Crippen LogP contribution in [-0.4, -0.2) is 18.5 Å². The maximum atomic E-state index is 6.06. The lowest BCUT2D eigenvalue weighted by Crippen LogP contribution is -2.26. The summed E-state index contributed by atoms with van der Waals surface area (Å²) in [7, 11) is 2.17. The maximum Gasteiger partial charge on any atom is 0.0409 e. The number of fused-ring (bicyclic) bond motifs is 1. The van der Waals surface area contributed by atoms with E-state index in [-0.39, 0.29) is 0 Å². The van der Waals surface area contributed by atoms with Gasteiger partial charge in [-0.1, -0.05) is 41.9 Å². The van der Waals surface area contributed by atoms with Crippen LogP contribution in [0.1, 0.15) is 22.3 Å². The van der Waals surface area contributed by atoms with Crippen LogP contribution in [0.25, 0.3) is 0 Å². The zero-order chi connectivity index (χ0) is 14.7. The number of nitrogens with zero attached hydrogens (tertiary/aromatic N) is 1. The molecular formula is C18H21ClN2. The molecule has 1 heterocycles. The lowest BCUT2D eigenvalue weighted by Gasteiger charge is -2.23. The van der Waals surface area contributed by atoms with E-state index in [1.807, 2.05) is 18.2 Å². The van der Waals surface area contributed by atoms with Gasteiger partial charge in [-0.2, -0.15) is 0 Å². The summed E-state index contributed by atoms with van der Waals surface area (Å²) in [6, 6.07) is 14.8. The van der Waals surface area contributed by atoms with Crippen LogP contribution < -0.4 is 5.32 Å². The second-order valence-corrected chi connectivity index (χ2v) is 6.22. The molecular weight excluding hydrogens is 280 g/mol. The van der Waals surface area contributed by atoms with E-state index in [0.717, 1.165) is 37.6 Å². The van der Waals surface area contributed by atoms with Gasteiger partial charge in [0.1, 0.15) is 0 Å². The fourth-order valence-electron chi connectivity index (χ4n) is 3.05. The van der Waals surface area contributed by atoms with Gasteiger partial charge in [0.2, 0.25) is 0 Å². The molecule has 21 heavy (non-hydrogen) atoms. The Hall–Kier alpha value is -1.35. The van der Waals surface area contributed by atoms with Crippen molar-refractivity contribution < 1.29 is 0 Å². The Labute approximate surface area is 131 Å². The minimum absolute atomic E-state index is 0.809. The van der Waals surface area contributed by atoms with Crippen molar-refractivity contribution in [3.05, 3.63) is 69.7 Å². The summed E-state index contributed by atoms with van der Waals surface area (Å²) in [6.45, 7) is 3.99. The third-order valence-electron chi connectivity index (χ3n) is 4.02. The average Bonchev–Trinajstić information content (AvgIpc) is 2.47. The Morgan fingerprint density at radius 1 is 1.14 bits per heavy atom. The number of hydrogen-bond donors (Lipinski definition) is 1. The standard InChI is InChI=1S/C18H21ClN2/c1-21(12-14-4-2-7-17(19)10-14)13-16-6-3-5-15-11-20-9-8-18(15)16/h2-7,10,20H,8-9,11-13H2,1H3. The third kappa shape index (κ3) is 3.65. The van der Waals surface area contributed by atoms with E-state index in [1.165, 1.54) is 22.3 Å². The number of hydrogen-bond acceptors (Lipinski definition) is 2. The van der Waals surface area contributed by atoms with Crippen LogP contribution in [0.15, 0.2) is 42.5 Å². The zero-order valence-electron chi connectivity index (χ0n) is 12.4. The van der Waals surface area contributed by atoms with Crippen LogP contribution in [0.4, 0.5) is 0 Å². The first kappa shape index (κ1) is 14.6. The SMILES string of the molecule is CN(Cc1cccc(Cl)c1)Cc1cccc2c1CCNC2. The minimum Gasteiger partial charge on any atom is -0.312 e. The maximum absolute atomic E-state index is 6.06. The van der Waals surface area contributed by atoms with Crippen LogP contribution in [0.3, 0.4) is 0 Å². The summed E-state index contributed by atoms with van der Waals surface area (Å²) < 4.78 is 0. The molecule has 0 amide bonds. The summed E-state index contributed by atoms with van der Waals surface area (Å²) in [5.74, 6) is 0. The monoisotopic (exact) mass is 300 g/mol. The van der Waals surface area contributed by atoms with E-state index < -0.39 is 0 Å². The molecule has 0 radical (unpaired) electrons. The highest BCUT2D eigenvalue weighted by molar-refractivity contribution is 6.30. The van der Waals surface area contributed by atoms with E-state index in [2.05, 4.69) is 41.5 Å². The van der Waals surface area contributed by atoms with E-state index in [9.17, 15) is 0 Å². The third-order valence-corrected chi connectivity index (χ3v) is 4.25. The van der Waals surface area contributed by atoms with Gasteiger partial charge < -0.3 is 5.32 Å². The van der Waals surface area contributed by atoms with Crippen LogP contribution in [0, 0.1) is 0 Å². The fraction of sp³-hybridized carbons (Fsp3) is 0.333. The highest BCUT2D eigenvalue weighted by Crippen LogP contribution is 2.21. The first-order chi connectivity index (χ1) is 10.2. The summed E-state index contributed by atoms with van der Waals surface area (Å²) in [5, 5.41) is 4.25. The second kappa shape index (κ2) is 6.61. The number of rotatable bonds is 4. The topological polar surface area (TPSA) is 15.3 Å². The highest BCUT2D eigenvalue weighted by atomic mass is 35.5. The molecule has 0 bridgehead atoms. The summed E-state index contributed by atoms with van der Waals surface area (Å²) in [6.07, 6.45) is 1.14. The molecule has 0 fully saturated rings. The van der Waals surface area contributed by atoms with Crippen molar-refractivity contribution >= 4 is 11.6 Å². The summed E-state index contributed by atoms with van der Waals surface area (Å²) in [4.78, 5) is 2.35. The van der Waals surface area contributed by atoms with Gasteiger partial charge in [-0.3, -0.25) is 4.90 Å². The van der Waals surface area contributed by atoms with Crippen LogP contribution >= 0.6 is 11.6 Å². The van der Waals surface area contributed by atoms with E-state index in [4.69, 9.17) is 11.6 Å². The van der Waals surface area contributed by atoms with Gasteiger partial charge in [-0.15, -0.1) is 0 Å². The molecule has 2 nitrogen and oxygen atoms in total. The molecule has 1 N–H and O–H groups in total. The Kier molecular flexibility index (Phi) is 4.59. The Balaban J connectivity index is 1.71. The minimum atomic E-state index is 0.809. The lowest BCUT2D eigenvalue weighted by molar-refractivity contribution is 0.317. The van der Waals surface area contributed by atoms with E-state index in [1.54, 1.807) is 0 Å². The molecule has 0 atom stereocenters. The van der Waals surface area contributed by atoms with E-state index in [0.29, 0.717) is 0 Å². The van der Waals surface area contributed by atoms with Gasteiger partial charge in [0.05, 0.1) is 0 Å². The van der Waals surface area contributed by atoms with Gasteiger partial charge in [0, 0.05) is 24.7 Å². The number of benzene rings is 2. The predicted octanol–water partition coefficient (Wildman–Crippen LogP) is 3.62. The molecule has 0 aliphatic carbocycles. The van der Waals surface area contributed by atoms with Gasteiger partial charge in [0.25, 0.3) is 0 Å². The van der Waals surface area contributed by atoms with Gasteiger partial charge in [-0.25, -0.2) is 0 Å². The summed E-state index contributed by atoms with van der Waals surface area (Å²) >= 11 is 6.06. The molecule has 0 aromatic heterocycles. The van der Waals surface area contributed by atoms with E-state index >= 15 is 0 Å². The van der Waals surface area contributed by atoms with Crippen molar-refractivity contribution in [2.45, 2.75) is 26.1 Å². The second-order valence-electron chi connectivity index (χ2n) is 5.78. The summed E-state index contributed by atoms with van der Waals surface area (Å²) in [5.41, 5.74) is 5.71. The Morgan fingerprint density at radius 3 is 2.86 bits per heavy atom. The quantitative estimate of drug-likeness (QED) is 0.928.